The minimum atomic E-state index is -4.23. The summed E-state index contributed by atoms with van der Waals surface area (Å²) in [7, 11) is -4.23. The molecule has 0 atom stereocenters. The van der Waals surface area contributed by atoms with E-state index in [1.54, 1.807) is 18.2 Å². The van der Waals surface area contributed by atoms with Gasteiger partial charge in [-0.05, 0) is 65.2 Å². The summed E-state index contributed by atoms with van der Waals surface area (Å²) in [5.41, 5.74) is 0.739. The fourth-order valence-electron chi connectivity index (χ4n) is 3.80. The maximum atomic E-state index is 14.2. The molecule has 0 aliphatic carbocycles. The summed E-state index contributed by atoms with van der Waals surface area (Å²) >= 11 is 0. The molecule has 0 saturated carbocycles. The zero-order valence-electron chi connectivity index (χ0n) is 16.2. The van der Waals surface area contributed by atoms with Crippen molar-refractivity contribution in [2.75, 3.05) is 0 Å². The summed E-state index contributed by atoms with van der Waals surface area (Å²) in [4.78, 5) is 0.0213. The van der Waals surface area contributed by atoms with Crippen LogP contribution < -0.4 is 0 Å². The number of sulfone groups is 1. The lowest BCUT2D eigenvalue weighted by Gasteiger charge is -2.35. The Kier molecular flexibility index (Phi) is 5.41. The van der Waals surface area contributed by atoms with Crippen LogP contribution in [0, 0.1) is 17.5 Å². The van der Waals surface area contributed by atoms with E-state index in [1.165, 1.54) is 48.5 Å². The lowest BCUT2D eigenvalue weighted by atomic mass is 9.84. The van der Waals surface area contributed by atoms with Gasteiger partial charge in [0.15, 0.2) is 14.6 Å². The van der Waals surface area contributed by atoms with E-state index in [2.05, 4.69) is 0 Å². The third-order valence-electron chi connectivity index (χ3n) is 5.21. The predicted molar refractivity (Wildman–Crippen MR) is 113 cm³/mol. The van der Waals surface area contributed by atoms with Crippen molar-refractivity contribution < 1.29 is 21.6 Å². The summed E-state index contributed by atoms with van der Waals surface area (Å²) in [6.45, 7) is 0. The number of halogens is 3. The van der Waals surface area contributed by atoms with E-state index in [4.69, 9.17) is 0 Å². The predicted octanol–water partition coefficient (Wildman–Crippen LogP) is 5.87. The van der Waals surface area contributed by atoms with Crippen LogP contribution in [0.3, 0.4) is 0 Å². The van der Waals surface area contributed by atoms with Crippen LogP contribution in [-0.4, -0.2) is 8.42 Å². The fraction of sp³-hybridized carbons (Fsp3) is 0.0400. The molecule has 156 valence electrons. The second-order valence-electron chi connectivity index (χ2n) is 7.02. The topological polar surface area (TPSA) is 34.1 Å². The van der Waals surface area contributed by atoms with Crippen LogP contribution in [0.2, 0.25) is 0 Å². The van der Waals surface area contributed by atoms with E-state index in [0.717, 1.165) is 36.4 Å². The first-order chi connectivity index (χ1) is 14.9. The van der Waals surface area contributed by atoms with E-state index in [1.807, 2.05) is 0 Å². The van der Waals surface area contributed by atoms with Gasteiger partial charge in [0.1, 0.15) is 17.5 Å². The molecule has 0 aromatic heterocycles. The van der Waals surface area contributed by atoms with Crippen molar-refractivity contribution in [3.63, 3.8) is 0 Å². The zero-order chi connectivity index (χ0) is 22.1. The van der Waals surface area contributed by atoms with Gasteiger partial charge < -0.3 is 0 Å². The average Bonchev–Trinajstić information content (AvgIpc) is 2.78. The largest absolute Gasteiger partial charge is 0.222 e. The number of hydrogen-bond donors (Lipinski definition) is 0. The Morgan fingerprint density at radius 2 is 0.806 bits per heavy atom. The Bertz CT molecular complexity index is 1170. The molecule has 0 heterocycles. The number of rotatable bonds is 5. The molecule has 4 aromatic carbocycles. The first-order valence-electron chi connectivity index (χ1n) is 9.43. The van der Waals surface area contributed by atoms with Crippen LogP contribution in [0.5, 0.6) is 0 Å². The van der Waals surface area contributed by atoms with Gasteiger partial charge in [-0.3, -0.25) is 0 Å². The van der Waals surface area contributed by atoms with Gasteiger partial charge in [-0.15, -0.1) is 0 Å². The standard InChI is InChI=1S/C25H17F3O2S/c26-21-12-6-18(7-13-21)25(19-8-14-22(27)15-9-19,20-10-16-23(28)17-11-20)31(29,30)24-4-2-1-3-5-24/h1-17H. The van der Waals surface area contributed by atoms with Crippen molar-refractivity contribution in [2.24, 2.45) is 0 Å². The highest BCUT2D eigenvalue weighted by Crippen LogP contribution is 2.47. The molecular weight excluding hydrogens is 421 g/mol. The van der Waals surface area contributed by atoms with E-state index >= 15 is 0 Å². The molecule has 0 spiro atoms. The van der Waals surface area contributed by atoms with Gasteiger partial charge in [-0.1, -0.05) is 54.6 Å². The molecule has 0 fully saturated rings. The van der Waals surface area contributed by atoms with Crippen LogP contribution in [0.15, 0.2) is 108 Å². The molecule has 0 amide bonds. The van der Waals surface area contributed by atoms with Crippen molar-refractivity contribution in [3.8, 4) is 0 Å². The summed E-state index contributed by atoms with van der Waals surface area (Å²) in [6.07, 6.45) is 0. The Morgan fingerprint density at radius 1 is 0.484 bits per heavy atom. The summed E-state index contributed by atoms with van der Waals surface area (Å²) in [6, 6.07) is 23.0. The van der Waals surface area contributed by atoms with Crippen LogP contribution in [0.25, 0.3) is 0 Å². The Hall–Kier alpha value is -3.38. The summed E-state index contributed by atoms with van der Waals surface area (Å²) in [5.74, 6) is -1.60. The maximum Gasteiger partial charge on any atom is 0.196 e. The van der Waals surface area contributed by atoms with E-state index in [0.29, 0.717) is 0 Å². The van der Waals surface area contributed by atoms with Gasteiger partial charge >= 0.3 is 0 Å². The highest BCUT2D eigenvalue weighted by Gasteiger charge is 2.49. The van der Waals surface area contributed by atoms with Crippen LogP contribution in [-0.2, 0) is 14.6 Å². The van der Waals surface area contributed by atoms with Crippen molar-refractivity contribution in [3.05, 3.63) is 137 Å². The van der Waals surface area contributed by atoms with Crippen molar-refractivity contribution in [1.82, 2.24) is 0 Å². The van der Waals surface area contributed by atoms with Crippen molar-refractivity contribution >= 4 is 9.84 Å². The first kappa shape index (κ1) is 20.9. The van der Waals surface area contributed by atoms with Gasteiger partial charge in [-0.25, -0.2) is 21.6 Å². The normalized spacial score (nSPS) is 12.0. The fourth-order valence-corrected chi connectivity index (χ4v) is 6.00. The molecule has 4 rings (SSSR count). The minimum Gasteiger partial charge on any atom is -0.222 e. The Balaban J connectivity index is 2.17. The molecule has 0 unspecified atom stereocenters. The Morgan fingerprint density at radius 3 is 1.13 bits per heavy atom. The van der Waals surface area contributed by atoms with Gasteiger partial charge in [0.05, 0.1) is 4.90 Å². The molecule has 0 aliphatic rings. The minimum absolute atomic E-state index is 0.0213. The summed E-state index contributed by atoms with van der Waals surface area (Å²) in [5, 5.41) is 0. The number of benzene rings is 4. The molecule has 0 bridgehead atoms. The van der Waals surface area contributed by atoms with Gasteiger partial charge in [0.25, 0.3) is 0 Å². The molecule has 31 heavy (non-hydrogen) atoms. The van der Waals surface area contributed by atoms with Gasteiger partial charge in [-0.2, -0.15) is 0 Å². The molecule has 0 saturated heterocycles. The van der Waals surface area contributed by atoms with Crippen LogP contribution in [0.1, 0.15) is 16.7 Å². The molecule has 2 nitrogen and oxygen atoms in total. The summed E-state index contributed by atoms with van der Waals surface area (Å²) < 4.78 is 67.9. The molecule has 0 N–H and O–H groups in total. The highest BCUT2D eigenvalue weighted by atomic mass is 32.2. The van der Waals surface area contributed by atoms with Crippen molar-refractivity contribution in [1.29, 1.82) is 0 Å². The monoisotopic (exact) mass is 438 g/mol. The lowest BCUT2D eigenvalue weighted by molar-refractivity contribution is 0.569. The van der Waals surface area contributed by atoms with Crippen molar-refractivity contribution in [2.45, 2.75) is 9.64 Å². The van der Waals surface area contributed by atoms with Crippen LogP contribution >= 0.6 is 0 Å². The third kappa shape index (κ3) is 3.53. The maximum absolute atomic E-state index is 14.2. The lowest BCUT2D eigenvalue weighted by Crippen LogP contribution is -2.38. The van der Waals surface area contributed by atoms with Crippen LogP contribution in [0.4, 0.5) is 13.2 Å². The molecule has 4 aromatic rings. The third-order valence-corrected chi connectivity index (χ3v) is 7.61. The Labute approximate surface area is 178 Å². The van der Waals surface area contributed by atoms with E-state index < -0.39 is 32.0 Å². The highest BCUT2D eigenvalue weighted by molar-refractivity contribution is 7.92. The molecule has 6 heteroatoms. The number of hydrogen-bond acceptors (Lipinski definition) is 2. The molecule has 0 aliphatic heterocycles. The van der Waals surface area contributed by atoms with E-state index in [-0.39, 0.29) is 21.6 Å². The SMILES string of the molecule is O=S(=O)(c1ccccc1)C(c1ccc(F)cc1)(c1ccc(F)cc1)c1ccc(F)cc1. The van der Waals surface area contributed by atoms with E-state index in [9.17, 15) is 21.6 Å². The molecular formula is C25H17F3O2S. The zero-order valence-corrected chi connectivity index (χ0v) is 17.0. The average molecular weight is 438 g/mol. The van der Waals surface area contributed by atoms with Gasteiger partial charge in [0.2, 0.25) is 0 Å². The quantitative estimate of drug-likeness (QED) is 0.365. The van der Waals surface area contributed by atoms with Gasteiger partial charge in [0, 0.05) is 0 Å². The molecule has 0 radical (unpaired) electrons. The second kappa shape index (κ2) is 8.04. The second-order valence-corrected chi connectivity index (χ2v) is 9.11. The smallest absolute Gasteiger partial charge is 0.196 e. The first-order valence-corrected chi connectivity index (χ1v) is 10.9.